The van der Waals surface area contributed by atoms with E-state index in [1.54, 1.807) is 24.3 Å². The zero-order chi connectivity index (χ0) is 25.4. The van der Waals surface area contributed by atoms with Crippen LogP contribution in [0.4, 0.5) is 5.00 Å². The van der Waals surface area contributed by atoms with Crippen LogP contribution in [0.25, 0.3) is 23.1 Å². The number of nitrogens with zero attached hydrogens (tertiary/aromatic N) is 3. The summed E-state index contributed by atoms with van der Waals surface area (Å²) in [6.07, 6.45) is 7.99. The Morgan fingerprint density at radius 1 is 1.28 bits per heavy atom. The van der Waals surface area contributed by atoms with Crippen LogP contribution in [0.5, 0.6) is 0 Å². The van der Waals surface area contributed by atoms with E-state index < -0.39 is 0 Å². The molecule has 1 N–H and O–H groups in total. The number of allylic oxidation sites excluding steroid dienone is 2. The Kier molecular flexibility index (Phi) is 5.94. The largest absolute Gasteiger partial charge is 0.462 e. The molecule has 36 heavy (non-hydrogen) atoms. The van der Waals surface area contributed by atoms with Crippen molar-refractivity contribution in [3.8, 4) is 6.07 Å². The van der Waals surface area contributed by atoms with Gasteiger partial charge < -0.3 is 9.73 Å². The third-order valence-corrected chi connectivity index (χ3v) is 7.67. The maximum absolute atomic E-state index is 13.0. The van der Waals surface area contributed by atoms with Gasteiger partial charge in [-0.15, -0.1) is 11.3 Å². The molecule has 0 unspecified atom stereocenters. The summed E-state index contributed by atoms with van der Waals surface area (Å²) in [6.45, 7) is 6.11. The van der Waals surface area contributed by atoms with E-state index >= 15 is 0 Å². The first-order valence-corrected chi connectivity index (χ1v) is 12.3. The van der Waals surface area contributed by atoms with Crippen LogP contribution in [0, 0.1) is 18.3 Å². The van der Waals surface area contributed by atoms with Crippen LogP contribution in [0.2, 0.25) is 0 Å². The average Bonchev–Trinajstić information content (AvgIpc) is 3.42. The normalized spacial score (nSPS) is 14.4. The molecule has 4 aromatic rings. The van der Waals surface area contributed by atoms with Crippen molar-refractivity contribution in [2.24, 2.45) is 0 Å². The number of thiophene rings is 1. The lowest BCUT2D eigenvalue weighted by molar-refractivity contribution is -0.116. The van der Waals surface area contributed by atoms with Crippen LogP contribution in [-0.4, -0.2) is 15.7 Å². The van der Waals surface area contributed by atoms with Crippen molar-refractivity contribution in [2.75, 3.05) is 5.32 Å². The molecule has 0 saturated heterocycles. The van der Waals surface area contributed by atoms with Crippen LogP contribution in [0.15, 0.2) is 63.5 Å². The summed E-state index contributed by atoms with van der Waals surface area (Å²) in [6, 6.07) is 13.2. The molecule has 0 radical (unpaired) electrons. The number of fused-ring (bicyclic) bond motifs is 2. The predicted octanol–water partition coefficient (Wildman–Crippen LogP) is 5.65. The van der Waals surface area contributed by atoms with Crippen molar-refractivity contribution in [1.82, 2.24) is 9.78 Å². The molecule has 1 aliphatic rings. The van der Waals surface area contributed by atoms with E-state index in [0.717, 1.165) is 34.0 Å². The lowest BCUT2D eigenvalue weighted by Gasteiger charge is -2.29. The second-order valence-corrected chi connectivity index (χ2v) is 10.5. The molecular formula is C28H24N4O3S. The van der Waals surface area contributed by atoms with Gasteiger partial charge in [-0.1, -0.05) is 32.1 Å². The molecule has 0 saturated carbocycles. The Morgan fingerprint density at radius 2 is 2.08 bits per heavy atom. The van der Waals surface area contributed by atoms with E-state index in [2.05, 4.69) is 30.3 Å². The fourth-order valence-electron chi connectivity index (χ4n) is 4.54. The highest BCUT2D eigenvalue weighted by Gasteiger charge is 2.33. The fourth-order valence-corrected chi connectivity index (χ4v) is 5.78. The van der Waals surface area contributed by atoms with E-state index in [9.17, 15) is 14.9 Å². The van der Waals surface area contributed by atoms with Crippen molar-refractivity contribution >= 4 is 45.3 Å². The number of rotatable bonds is 5. The number of benzene rings is 1. The molecule has 0 atom stereocenters. The van der Waals surface area contributed by atoms with E-state index in [1.807, 2.05) is 37.3 Å². The predicted molar refractivity (Wildman–Crippen MR) is 142 cm³/mol. The third kappa shape index (κ3) is 4.41. The molecule has 3 aromatic heterocycles. The smallest absolute Gasteiger partial charge is 0.246 e. The SMILES string of the molecule is Cc1ccc(C=CC2=Cc3c(sc(NC(=O)Cn4ncc(=O)c5ccccc54)c3C#N)C(C)(C)C2)o1. The minimum Gasteiger partial charge on any atom is -0.462 e. The van der Waals surface area contributed by atoms with Crippen molar-refractivity contribution < 1.29 is 9.21 Å². The first kappa shape index (κ1) is 23.5. The van der Waals surface area contributed by atoms with Gasteiger partial charge in [0, 0.05) is 21.2 Å². The van der Waals surface area contributed by atoms with Crippen LogP contribution in [-0.2, 0) is 16.8 Å². The number of aromatic nitrogens is 2. The quantitative estimate of drug-likeness (QED) is 0.385. The van der Waals surface area contributed by atoms with Crippen LogP contribution in [0.1, 0.15) is 47.8 Å². The van der Waals surface area contributed by atoms with Crippen molar-refractivity contribution in [2.45, 2.75) is 39.2 Å². The number of aryl methyl sites for hydroxylation is 1. The number of furan rings is 1. The van der Waals surface area contributed by atoms with Gasteiger partial charge in [0.15, 0.2) is 0 Å². The van der Waals surface area contributed by atoms with Crippen LogP contribution >= 0.6 is 11.3 Å². The summed E-state index contributed by atoms with van der Waals surface area (Å²) >= 11 is 1.44. The zero-order valence-corrected chi connectivity index (χ0v) is 21.0. The van der Waals surface area contributed by atoms with E-state index in [1.165, 1.54) is 22.2 Å². The van der Waals surface area contributed by atoms with Gasteiger partial charge in [0.1, 0.15) is 29.1 Å². The van der Waals surface area contributed by atoms with Crippen LogP contribution in [0.3, 0.4) is 0 Å². The van der Waals surface area contributed by atoms with Crippen molar-refractivity contribution in [3.63, 3.8) is 0 Å². The summed E-state index contributed by atoms with van der Waals surface area (Å²) in [5.74, 6) is 1.31. The Labute approximate surface area is 212 Å². The first-order chi connectivity index (χ1) is 17.2. The van der Waals surface area contributed by atoms with Crippen molar-refractivity contribution in [3.05, 3.63) is 92.0 Å². The number of nitriles is 1. The Bertz CT molecular complexity index is 1660. The molecule has 0 spiro atoms. The Hall–Kier alpha value is -4.22. The molecule has 1 aliphatic carbocycles. The average molecular weight is 497 g/mol. The standard InChI is InChI=1S/C28H24N4O3S/c1-17-8-10-19(35-17)11-9-18-12-21-22(14-29)27(36-26(21)28(2,3)13-18)31-25(34)16-32-23-7-5-4-6-20(23)24(33)15-30-32/h4-12,15H,13,16H2,1-3H3,(H,31,34). The Morgan fingerprint density at radius 3 is 2.83 bits per heavy atom. The van der Waals surface area contributed by atoms with Gasteiger partial charge >= 0.3 is 0 Å². The molecule has 0 aliphatic heterocycles. The lowest BCUT2D eigenvalue weighted by Crippen LogP contribution is -2.22. The number of carbonyl (C=O) groups excluding carboxylic acids is 1. The molecule has 1 aromatic carbocycles. The van der Waals surface area contributed by atoms with Gasteiger partial charge in [0.05, 0.1) is 17.3 Å². The summed E-state index contributed by atoms with van der Waals surface area (Å²) in [5, 5.41) is 18.1. The number of hydrogen-bond acceptors (Lipinski definition) is 6. The van der Waals surface area contributed by atoms with Gasteiger partial charge in [-0.2, -0.15) is 10.4 Å². The summed E-state index contributed by atoms with van der Waals surface area (Å²) in [7, 11) is 0. The monoisotopic (exact) mass is 496 g/mol. The highest BCUT2D eigenvalue weighted by molar-refractivity contribution is 7.17. The van der Waals surface area contributed by atoms with Gasteiger partial charge in [0.25, 0.3) is 0 Å². The van der Waals surface area contributed by atoms with Gasteiger partial charge in [-0.25, -0.2) is 0 Å². The number of para-hydroxylation sites is 1. The topological polar surface area (TPSA) is 101 Å². The molecule has 8 heteroatoms. The first-order valence-electron chi connectivity index (χ1n) is 11.5. The molecule has 5 rings (SSSR count). The van der Waals surface area contributed by atoms with Crippen molar-refractivity contribution in [1.29, 1.82) is 5.26 Å². The molecule has 0 fully saturated rings. The number of hydrogen-bond donors (Lipinski definition) is 1. The molecule has 180 valence electrons. The summed E-state index contributed by atoms with van der Waals surface area (Å²) in [5.41, 5.74) is 2.56. The molecule has 0 bridgehead atoms. The van der Waals surface area contributed by atoms with Gasteiger partial charge in [0.2, 0.25) is 11.3 Å². The Balaban J connectivity index is 1.44. The van der Waals surface area contributed by atoms with Gasteiger partial charge in [-0.3, -0.25) is 14.3 Å². The van der Waals surface area contributed by atoms with Crippen LogP contribution < -0.4 is 10.7 Å². The van der Waals surface area contributed by atoms with E-state index in [4.69, 9.17) is 4.42 Å². The maximum atomic E-state index is 13.0. The second kappa shape index (κ2) is 9.10. The van der Waals surface area contributed by atoms with E-state index in [0.29, 0.717) is 21.5 Å². The third-order valence-electron chi connectivity index (χ3n) is 6.18. The number of anilines is 1. The summed E-state index contributed by atoms with van der Waals surface area (Å²) < 4.78 is 7.13. The lowest BCUT2D eigenvalue weighted by atomic mass is 9.77. The van der Waals surface area contributed by atoms with E-state index in [-0.39, 0.29) is 23.3 Å². The molecule has 1 amide bonds. The fraction of sp³-hybridized carbons (Fsp3) is 0.214. The minimum absolute atomic E-state index is 0.0794. The minimum atomic E-state index is -0.318. The summed E-state index contributed by atoms with van der Waals surface area (Å²) in [4.78, 5) is 26.1. The molecule has 3 heterocycles. The molecule has 7 nitrogen and oxygen atoms in total. The number of amides is 1. The second-order valence-electron chi connectivity index (χ2n) is 9.45. The number of nitrogens with one attached hydrogen (secondary N) is 1. The van der Waals surface area contributed by atoms with Gasteiger partial charge in [-0.05, 0) is 55.3 Å². The zero-order valence-electron chi connectivity index (χ0n) is 20.2. The highest BCUT2D eigenvalue weighted by atomic mass is 32.1. The number of carbonyl (C=O) groups is 1. The highest BCUT2D eigenvalue weighted by Crippen LogP contribution is 2.47. The maximum Gasteiger partial charge on any atom is 0.246 e. The molecular weight excluding hydrogens is 472 g/mol.